The smallest absolute Gasteiger partial charge is 0.253 e. The van der Waals surface area contributed by atoms with Crippen LogP contribution in [0.3, 0.4) is 0 Å². The Kier molecular flexibility index (Phi) is 4.72. The second kappa shape index (κ2) is 6.80. The largest absolute Gasteiger partial charge is 0.375 e. The van der Waals surface area contributed by atoms with Crippen molar-refractivity contribution in [3.63, 3.8) is 0 Å². The number of fused-ring (bicyclic) bond motifs is 1. The van der Waals surface area contributed by atoms with Gasteiger partial charge in [-0.25, -0.2) is 4.98 Å². The highest BCUT2D eigenvalue weighted by molar-refractivity contribution is 7.22. The van der Waals surface area contributed by atoms with Gasteiger partial charge in [-0.2, -0.15) is 0 Å². The van der Waals surface area contributed by atoms with Crippen molar-refractivity contribution in [1.82, 2.24) is 14.9 Å². The number of pyridine rings is 1. The van der Waals surface area contributed by atoms with Crippen molar-refractivity contribution in [2.45, 2.75) is 33.2 Å². The van der Waals surface area contributed by atoms with Crippen molar-refractivity contribution in [2.75, 3.05) is 12.8 Å². The van der Waals surface area contributed by atoms with Crippen LogP contribution >= 0.6 is 11.3 Å². The molecule has 0 aliphatic rings. The number of thiazole rings is 1. The van der Waals surface area contributed by atoms with E-state index in [1.54, 1.807) is 11.1 Å². The second-order valence-corrected chi connectivity index (χ2v) is 7.49. The molecule has 1 amide bonds. The van der Waals surface area contributed by atoms with E-state index in [0.717, 1.165) is 33.5 Å². The maximum atomic E-state index is 12.9. The van der Waals surface area contributed by atoms with Crippen molar-refractivity contribution in [3.8, 4) is 0 Å². The monoisotopic (exact) mass is 354 g/mol. The Morgan fingerprint density at radius 1 is 1.32 bits per heavy atom. The van der Waals surface area contributed by atoms with Crippen LogP contribution in [0, 0.1) is 13.8 Å². The highest BCUT2D eigenvalue weighted by atomic mass is 32.1. The van der Waals surface area contributed by atoms with Gasteiger partial charge in [0, 0.05) is 37.0 Å². The Hall–Kier alpha value is -2.47. The van der Waals surface area contributed by atoms with Gasteiger partial charge in [0.2, 0.25) is 0 Å². The molecule has 3 aromatic rings. The number of carbonyl (C=O) groups excluding carboxylic acids is 1. The standard InChI is InChI=1S/C19H22N4OS/c1-11-6-5-7-21-15(11)9-13(3)23(4)18(24)14-8-12(2)17-16(10-14)25-19(20)22-17/h5-8,10,13H,9H2,1-4H3,(H2,20,22)/t13-/m1/s1. The van der Waals surface area contributed by atoms with E-state index < -0.39 is 0 Å². The quantitative estimate of drug-likeness (QED) is 0.777. The number of nitrogen functional groups attached to an aromatic ring is 1. The highest BCUT2D eigenvalue weighted by Gasteiger charge is 2.20. The highest BCUT2D eigenvalue weighted by Crippen LogP contribution is 2.28. The van der Waals surface area contributed by atoms with Crippen LogP contribution in [0.5, 0.6) is 0 Å². The summed E-state index contributed by atoms with van der Waals surface area (Å²) in [5.41, 5.74) is 10.5. The first-order valence-corrected chi connectivity index (χ1v) is 9.02. The summed E-state index contributed by atoms with van der Waals surface area (Å²) >= 11 is 1.41. The zero-order valence-electron chi connectivity index (χ0n) is 14.9. The summed E-state index contributed by atoms with van der Waals surface area (Å²) in [6.07, 6.45) is 2.52. The molecule has 1 aromatic carbocycles. The maximum Gasteiger partial charge on any atom is 0.253 e. The van der Waals surface area contributed by atoms with Crippen molar-refractivity contribution in [1.29, 1.82) is 0 Å². The molecule has 0 bridgehead atoms. The van der Waals surface area contributed by atoms with Crippen molar-refractivity contribution < 1.29 is 4.79 Å². The SMILES string of the molecule is Cc1cccnc1C[C@@H](C)N(C)C(=O)c1cc(C)c2nc(N)sc2c1. The van der Waals surface area contributed by atoms with Crippen LogP contribution in [-0.4, -0.2) is 33.9 Å². The van der Waals surface area contributed by atoms with Gasteiger partial charge in [0.1, 0.15) is 0 Å². The number of carbonyl (C=O) groups is 1. The Bertz CT molecular complexity index is 934. The number of amides is 1. The molecule has 0 fully saturated rings. The predicted octanol–water partition coefficient (Wildman–Crippen LogP) is 3.59. The van der Waals surface area contributed by atoms with Gasteiger partial charge in [-0.1, -0.05) is 17.4 Å². The summed E-state index contributed by atoms with van der Waals surface area (Å²) in [5, 5.41) is 0.523. The molecule has 25 heavy (non-hydrogen) atoms. The Labute approximate surface area is 151 Å². The van der Waals surface area contributed by atoms with Crippen LogP contribution in [0.15, 0.2) is 30.5 Å². The van der Waals surface area contributed by atoms with E-state index in [4.69, 9.17) is 5.73 Å². The van der Waals surface area contributed by atoms with Crippen molar-refractivity contribution >= 4 is 32.6 Å². The van der Waals surface area contributed by atoms with Crippen molar-refractivity contribution in [2.24, 2.45) is 0 Å². The molecule has 6 heteroatoms. The van der Waals surface area contributed by atoms with Gasteiger partial charge in [-0.05, 0) is 50.1 Å². The van der Waals surface area contributed by atoms with Crippen molar-refractivity contribution in [3.05, 3.63) is 52.8 Å². The van der Waals surface area contributed by atoms with E-state index in [9.17, 15) is 4.79 Å². The Morgan fingerprint density at radius 3 is 2.80 bits per heavy atom. The van der Waals surface area contributed by atoms with Crippen LogP contribution in [0.1, 0.15) is 34.1 Å². The normalized spacial score (nSPS) is 12.3. The van der Waals surface area contributed by atoms with Gasteiger partial charge in [0.05, 0.1) is 10.2 Å². The molecule has 130 valence electrons. The minimum absolute atomic E-state index is 0.00180. The zero-order chi connectivity index (χ0) is 18.1. The van der Waals surface area contributed by atoms with Crippen LogP contribution in [0.25, 0.3) is 10.2 Å². The van der Waals surface area contributed by atoms with Crippen LogP contribution in [0.4, 0.5) is 5.13 Å². The molecule has 1 atom stereocenters. The molecular formula is C19H22N4OS. The van der Waals surface area contributed by atoms with Gasteiger partial charge in [0.15, 0.2) is 5.13 Å². The van der Waals surface area contributed by atoms with E-state index in [1.807, 2.05) is 52.1 Å². The van der Waals surface area contributed by atoms with Crippen LogP contribution in [0.2, 0.25) is 0 Å². The number of aryl methyl sites for hydroxylation is 2. The first-order chi connectivity index (χ1) is 11.9. The fourth-order valence-electron chi connectivity index (χ4n) is 2.89. The lowest BCUT2D eigenvalue weighted by Crippen LogP contribution is -2.36. The number of aromatic nitrogens is 2. The lowest BCUT2D eigenvalue weighted by atomic mass is 10.1. The van der Waals surface area contributed by atoms with Crippen LogP contribution < -0.4 is 5.73 Å². The lowest BCUT2D eigenvalue weighted by Gasteiger charge is -2.25. The molecule has 0 radical (unpaired) electrons. The van der Waals surface area contributed by atoms with E-state index in [-0.39, 0.29) is 11.9 Å². The summed E-state index contributed by atoms with van der Waals surface area (Å²) in [6.45, 7) is 6.05. The fraction of sp³-hybridized carbons (Fsp3) is 0.316. The molecule has 0 saturated carbocycles. The van der Waals surface area contributed by atoms with E-state index in [2.05, 4.69) is 9.97 Å². The van der Waals surface area contributed by atoms with Gasteiger partial charge >= 0.3 is 0 Å². The van der Waals surface area contributed by atoms with Gasteiger partial charge in [-0.15, -0.1) is 0 Å². The van der Waals surface area contributed by atoms with E-state index >= 15 is 0 Å². The first-order valence-electron chi connectivity index (χ1n) is 8.21. The van der Waals surface area contributed by atoms with Gasteiger partial charge < -0.3 is 10.6 Å². The van der Waals surface area contributed by atoms with Gasteiger partial charge in [-0.3, -0.25) is 9.78 Å². The summed E-state index contributed by atoms with van der Waals surface area (Å²) in [7, 11) is 1.84. The lowest BCUT2D eigenvalue weighted by molar-refractivity contribution is 0.0743. The average Bonchev–Trinajstić information content (AvgIpc) is 2.96. The molecule has 0 unspecified atom stereocenters. The number of anilines is 1. The topological polar surface area (TPSA) is 72.1 Å². The molecule has 3 rings (SSSR count). The maximum absolute atomic E-state index is 12.9. The summed E-state index contributed by atoms with van der Waals surface area (Å²) in [6, 6.07) is 7.79. The number of hydrogen-bond donors (Lipinski definition) is 1. The minimum Gasteiger partial charge on any atom is -0.375 e. The Balaban J connectivity index is 1.83. The number of benzene rings is 1. The second-order valence-electron chi connectivity index (χ2n) is 6.43. The number of likely N-dealkylation sites (N-methyl/N-ethyl adjacent to an activating group) is 1. The number of nitrogens with zero attached hydrogens (tertiary/aromatic N) is 3. The number of nitrogens with two attached hydrogens (primary N) is 1. The third-order valence-corrected chi connectivity index (χ3v) is 5.37. The van der Waals surface area contributed by atoms with Gasteiger partial charge in [0.25, 0.3) is 5.91 Å². The number of hydrogen-bond acceptors (Lipinski definition) is 5. The fourth-order valence-corrected chi connectivity index (χ4v) is 3.74. The molecule has 0 spiro atoms. The number of rotatable bonds is 4. The third-order valence-electron chi connectivity index (χ3n) is 4.54. The minimum atomic E-state index is -0.00180. The molecule has 2 N–H and O–H groups in total. The molecule has 0 saturated heterocycles. The predicted molar refractivity (Wildman–Crippen MR) is 103 cm³/mol. The molecule has 0 aliphatic heterocycles. The summed E-state index contributed by atoms with van der Waals surface area (Å²) in [5.74, 6) is -0.00180. The molecule has 2 heterocycles. The van der Waals surface area contributed by atoms with Crippen LogP contribution in [-0.2, 0) is 6.42 Å². The zero-order valence-corrected chi connectivity index (χ0v) is 15.7. The molecule has 5 nitrogen and oxygen atoms in total. The summed E-state index contributed by atoms with van der Waals surface area (Å²) in [4.78, 5) is 23.5. The third kappa shape index (κ3) is 3.49. The molecule has 2 aromatic heterocycles. The molecular weight excluding hydrogens is 332 g/mol. The Morgan fingerprint density at radius 2 is 2.08 bits per heavy atom. The summed E-state index contributed by atoms with van der Waals surface area (Å²) < 4.78 is 0.947. The molecule has 0 aliphatic carbocycles. The van der Waals surface area contributed by atoms with E-state index in [1.165, 1.54) is 11.3 Å². The average molecular weight is 354 g/mol. The van der Waals surface area contributed by atoms with E-state index in [0.29, 0.717) is 10.7 Å². The first kappa shape index (κ1) is 17.4.